The van der Waals surface area contributed by atoms with Crippen LogP contribution in [0.4, 0.5) is 5.82 Å². The summed E-state index contributed by atoms with van der Waals surface area (Å²) in [5.74, 6) is 6.84. The Morgan fingerprint density at radius 3 is 2.31 bits per heavy atom. The van der Waals surface area contributed by atoms with Crippen molar-refractivity contribution in [3.63, 3.8) is 0 Å². The van der Waals surface area contributed by atoms with Gasteiger partial charge in [-0.3, -0.25) is 4.57 Å². The van der Waals surface area contributed by atoms with Gasteiger partial charge in [0.05, 0.1) is 23.6 Å². The molecule has 0 radical (unpaired) electrons. The van der Waals surface area contributed by atoms with E-state index in [0.29, 0.717) is 46.3 Å². The minimum atomic E-state index is -0.0376. The summed E-state index contributed by atoms with van der Waals surface area (Å²) < 4.78 is 1.90. The van der Waals surface area contributed by atoms with E-state index in [1.807, 2.05) is 81.7 Å². The molecular weight excluding hydrogens is 440 g/mol. The highest BCUT2D eigenvalue weighted by Crippen LogP contribution is 2.30. The van der Waals surface area contributed by atoms with Gasteiger partial charge in [-0.15, -0.1) is 0 Å². The number of hydrazine groups is 1. The van der Waals surface area contributed by atoms with Crippen molar-refractivity contribution in [1.82, 2.24) is 24.5 Å². The highest BCUT2D eigenvalue weighted by atomic mass is 16.3. The molecule has 0 amide bonds. The summed E-state index contributed by atoms with van der Waals surface area (Å²) >= 11 is 0. The van der Waals surface area contributed by atoms with Crippen LogP contribution in [0.25, 0.3) is 33.9 Å². The van der Waals surface area contributed by atoms with Crippen LogP contribution in [0.1, 0.15) is 45.9 Å². The van der Waals surface area contributed by atoms with Crippen LogP contribution < -0.4 is 17.3 Å². The van der Waals surface area contributed by atoms with Crippen LogP contribution in [0.3, 0.4) is 0 Å². The van der Waals surface area contributed by atoms with Gasteiger partial charge in [0.2, 0.25) is 0 Å². The second-order valence-corrected chi connectivity index (χ2v) is 6.99. The Morgan fingerprint density at radius 2 is 1.71 bits per heavy atom. The van der Waals surface area contributed by atoms with Crippen LogP contribution in [0.15, 0.2) is 60.9 Å². The molecule has 186 valence electrons. The molecule has 0 atom stereocenters. The molecule has 9 nitrogen and oxygen atoms in total. The summed E-state index contributed by atoms with van der Waals surface area (Å²) in [5.41, 5.74) is 17.0. The second kappa shape index (κ2) is 13.1. The van der Waals surface area contributed by atoms with E-state index >= 15 is 0 Å². The standard InChI is InChI=1S/C22H24N8O.2C2H6/c1-2-29(25)12-17(23)18-9-10-19-22(27-18)30(15-7-5-14(13-31)6-8-15)21(28-19)16-4-3-11-26-20(16)24;2*1-2/h3-12,31H,2,13,23,25H2,1H3,(H2,24,26);2*1-2H3/b17-12-;;. The maximum atomic E-state index is 9.40. The molecule has 3 aromatic heterocycles. The van der Waals surface area contributed by atoms with E-state index in [9.17, 15) is 5.11 Å². The monoisotopic (exact) mass is 476 g/mol. The number of anilines is 1. The quantitative estimate of drug-likeness (QED) is 0.241. The fourth-order valence-electron chi connectivity index (χ4n) is 3.24. The van der Waals surface area contributed by atoms with Crippen molar-refractivity contribution >= 4 is 22.7 Å². The van der Waals surface area contributed by atoms with Gasteiger partial charge in [-0.25, -0.2) is 20.8 Å². The number of nitrogens with two attached hydrogens (primary N) is 3. The number of nitrogen functional groups attached to an aromatic ring is 1. The fraction of sp³-hybridized carbons (Fsp3) is 0.269. The summed E-state index contributed by atoms with van der Waals surface area (Å²) in [6, 6.07) is 14.8. The Hall–Kier alpha value is -3.95. The van der Waals surface area contributed by atoms with E-state index in [1.165, 1.54) is 5.01 Å². The summed E-state index contributed by atoms with van der Waals surface area (Å²) in [7, 11) is 0. The van der Waals surface area contributed by atoms with Gasteiger partial charge in [0, 0.05) is 24.6 Å². The van der Waals surface area contributed by atoms with Gasteiger partial charge in [0.15, 0.2) is 11.5 Å². The van der Waals surface area contributed by atoms with Gasteiger partial charge in [0.1, 0.15) is 11.3 Å². The molecule has 0 fully saturated rings. The van der Waals surface area contributed by atoms with E-state index in [4.69, 9.17) is 27.3 Å². The molecule has 0 aliphatic rings. The Balaban J connectivity index is 0.00000103. The minimum Gasteiger partial charge on any atom is -0.396 e. The molecule has 3 heterocycles. The van der Waals surface area contributed by atoms with Gasteiger partial charge in [-0.1, -0.05) is 39.8 Å². The Bertz CT molecular complexity index is 1250. The number of hydrogen-bond donors (Lipinski definition) is 4. The van der Waals surface area contributed by atoms with Crippen LogP contribution >= 0.6 is 0 Å². The molecule has 0 aliphatic heterocycles. The summed E-state index contributed by atoms with van der Waals surface area (Å²) in [4.78, 5) is 13.7. The largest absolute Gasteiger partial charge is 0.396 e. The molecule has 0 saturated heterocycles. The zero-order valence-electron chi connectivity index (χ0n) is 21.1. The average Bonchev–Trinajstić information content (AvgIpc) is 3.29. The minimum absolute atomic E-state index is 0.0376. The highest BCUT2D eigenvalue weighted by Gasteiger charge is 2.18. The molecule has 0 saturated carbocycles. The van der Waals surface area contributed by atoms with Crippen molar-refractivity contribution in [3.05, 3.63) is 72.2 Å². The number of pyridine rings is 2. The third kappa shape index (κ3) is 6.14. The molecule has 4 rings (SSSR count). The Labute approximate surface area is 206 Å². The highest BCUT2D eigenvalue weighted by molar-refractivity contribution is 5.84. The summed E-state index contributed by atoms with van der Waals surface area (Å²) in [6.07, 6.45) is 3.28. The first-order valence-electron chi connectivity index (χ1n) is 11.8. The zero-order chi connectivity index (χ0) is 26.0. The van der Waals surface area contributed by atoms with E-state index < -0.39 is 0 Å². The Morgan fingerprint density at radius 1 is 1.03 bits per heavy atom. The first kappa shape index (κ1) is 27.3. The molecule has 0 unspecified atom stereocenters. The molecule has 0 spiro atoms. The number of aromatic nitrogens is 4. The molecule has 4 aromatic rings. The predicted octanol–water partition coefficient (Wildman–Crippen LogP) is 4.06. The lowest BCUT2D eigenvalue weighted by molar-refractivity contribution is 0.282. The van der Waals surface area contributed by atoms with E-state index in [2.05, 4.69) is 4.98 Å². The van der Waals surface area contributed by atoms with Gasteiger partial charge in [-0.05, 0) is 48.9 Å². The lowest BCUT2D eigenvalue weighted by Crippen LogP contribution is -2.25. The van der Waals surface area contributed by atoms with Crippen molar-refractivity contribution in [3.8, 4) is 17.1 Å². The van der Waals surface area contributed by atoms with Crippen LogP contribution in [-0.4, -0.2) is 36.2 Å². The smallest absolute Gasteiger partial charge is 0.165 e. The molecule has 0 bridgehead atoms. The number of aliphatic hydroxyl groups excluding tert-OH is 1. The van der Waals surface area contributed by atoms with Gasteiger partial charge >= 0.3 is 0 Å². The third-order valence-corrected chi connectivity index (χ3v) is 4.93. The number of imidazole rings is 1. The van der Waals surface area contributed by atoms with Crippen molar-refractivity contribution in [2.45, 2.75) is 41.2 Å². The fourth-order valence-corrected chi connectivity index (χ4v) is 3.24. The molecule has 9 heteroatoms. The predicted molar refractivity (Wildman–Crippen MR) is 144 cm³/mol. The number of benzene rings is 1. The van der Waals surface area contributed by atoms with Gasteiger partial charge < -0.3 is 21.6 Å². The second-order valence-electron chi connectivity index (χ2n) is 6.99. The van der Waals surface area contributed by atoms with E-state index in [-0.39, 0.29) is 6.61 Å². The Kier molecular flexibility index (Phi) is 10.2. The maximum Gasteiger partial charge on any atom is 0.165 e. The molecule has 35 heavy (non-hydrogen) atoms. The topological polar surface area (TPSA) is 145 Å². The van der Waals surface area contributed by atoms with Crippen LogP contribution in [0.5, 0.6) is 0 Å². The van der Waals surface area contributed by atoms with Gasteiger partial charge in [0.25, 0.3) is 0 Å². The van der Waals surface area contributed by atoms with Crippen molar-refractivity contribution in [1.29, 1.82) is 0 Å². The molecule has 1 aromatic carbocycles. The van der Waals surface area contributed by atoms with Crippen LogP contribution in [-0.2, 0) is 6.61 Å². The van der Waals surface area contributed by atoms with Crippen LogP contribution in [0, 0.1) is 0 Å². The summed E-state index contributed by atoms with van der Waals surface area (Å²) in [5, 5.41) is 10.9. The number of rotatable bonds is 6. The number of hydrogen-bond acceptors (Lipinski definition) is 8. The summed E-state index contributed by atoms with van der Waals surface area (Å²) in [6.45, 7) is 10.5. The van der Waals surface area contributed by atoms with E-state index in [0.717, 1.165) is 11.3 Å². The number of fused-ring (bicyclic) bond motifs is 1. The van der Waals surface area contributed by atoms with Crippen molar-refractivity contribution in [2.75, 3.05) is 12.3 Å². The van der Waals surface area contributed by atoms with E-state index in [1.54, 1.807) is 18.5 Å². The van der Waals surface area contributed by atoms with Crippen LogP contribution in [0.2, 0.25) is 0 Å². The normalized spacial score (nSPS) is 10.8. The first-order valence-corrected chi connectivity index (χ1v) is 11.8. The first-order chi connectivity index (χ1) is 17.0. The zero-order valence-corrected chi connectivity index (χ0v) is 21.1. The number of nitrogens with zero attached hydrogens (tertiary/aromatic N) is 5. The van der Waals surface area contributed by atoms with Gasteiger partial charge in [-0.2, -0.15) is 0 Å². The SMILES string of the molecule is CC.CC.CCN(N)/C=C(\N)c1ccc2nc(-c3cccnc3N)n(-c3ccc(CO)cc3)c2n1. The van der Waals surface area contributed by atoms with Crippen molar-refractivity contribution < 1.29 is 5.11 Å². The third-order valence-electron chi connectivity index (χ3n) is 4.93. The average molecular weight is 477 g/mol. The lowest BCUT2D eigenvalue weighted by Gasteiger charge is -2.12. The maximum absolute atomic E-state index is 9.40. The lowest BCUT2D eigenvalue weighted by atomic mass is 10.2. The molecular formula is C26H36N8O. The number of aliphatic hydroxyl groups is 1. The van der Waals surface area contributed by atoms with Crippen molar-refractivity contribution in [2.24, 2.45) is 11.6 Å². The molecule has 0 aliphatic carbocycles. The molecule has 7 N–H and O–H groups in total.